The molecule has 1 atom stereocenters. The first-order chi connectivity index (χ1) is 16.8. The number of hydrogen-bond donors (Lipinski definition) is 1. The molecule has 4 rings (SSSR count). The van der Waals surface area contributed by atoms with Crippen molar-refractivity contribution >= 4 is 52.7 Å². The van der Waals surface area contributed by atoms with Crippen LogP contribution in [0.25, 0.3) is 5.57 Å². The highest BCUT2D eigenvalue weighted by atomic mass is 35.5. The van der Waals surface area contributed by atoms with Gasteiger partial charge in [-0.25, -0.2) is 0 Å². The topological polar surface area (TPSA) is 74.2 Å². The van der Waals surface area contributed by atoms with Gasteiger partial charge in [-0.3, -0.25) is 14.6 Å². The summed E-state index contributed by atoms with van der Waals surface area (Å²) in [5.74, 6) is 0.800. The van der Waals surface area contributed by atoms with Crippen molar-refractivity contribution < 1.29 is 14.3 Å². The van der Waals surface area contributed by atoms with E-state index in [2.05, 4.69) is 17.0 Å². The minimum absolute atomic E-state index is 0.0178. The van der Waals surface area contributed by atoms with Crippen LogP contribution in [-0.4, -0.2) is 74.7 Å². The first-order valence-electron chi connectivity index (χ1n) is 11.8. The molecule has 1 saturated heterocycles. The fraction of sp³-hybridized carbons (Fsp3) is 0.423. The van der Waals surface area contributed by atoms with Crippen molar-refractivity contribution in [2.45, 2.75) is 32.3 Å². The number of benzene rings is 1. The molecule has 9 heteroatoms. The number of ether oxygens (including phenoxy) is 1. The lowest BCUT2D eigenvalue weighted by atomic mass is 9.98. The van der Waals surface area contributed by atoms with E-state index in [1.165, 1.54) is 0 Å². The van der Waals surface area contributed by atoms with E-state index in [1.54, 1.807) is 30.3 Å². The number of thiophene rings is 1. The van der Waals surface area contributed by atoms with Gasteiger partial charge in [-0.05, 0) is 38.3 Å². The third-order valence-electron chi connectivity index (χ3n) is 6.34. The van der Waals surface area contributed by atoms with Crippen molar-refractivity contribution in [2.24, 2.45) is 4.99 Å². The maximum absolute atomic E-state index is 13.1. The average Bonchev–Trinajstić information content (AvgIpc) is 3.47. The third kappa shape index (κ3) is 5.44. The zero-order valence-electron chi connectivity index (χ0n) is 20.4. The van der Waals surface area contributed by atoms with Gasteiger partial charge in [0.2, 0.25) is 5.91 Å². The molecule has 0 saturated carbocycles. The van der Waals surface area contributed by atoms with Gasteiger partial charge < -0.3 is 19.9 Å². The second kappa shape index (κ2) is 10.9. The average molecular weight is 515 g/mol. The highest BCUT2D eigenvalue weighted by molar-refractivity contribution is 7.13. The zero-order chi connectivity index (χ0) is 25.1. The van der Waals surface area contributed by atoms with Crippen molar-refractivity contribution in [1.82, 2.24) is 15.1 Å². The minimum atomic E-state index is -0.550. The number of halogens is 1. The van der Waals surface area contributed by atoms with E-state index in [4.69, 9.17) is 16.3 Å². The van der Waals surface area contributed by atoms with Crippen LogP contribution in [0.2, 0.25) is 5.02 Å². The number of carbonyl (C=O) groups is 2. The lowest BCUT2D eigenvalue weighted by Gasteiger charge is -2.29. The van der Waals surface area contributed by atoms with E-state index in [9.17, 15) is 9.59 Å². The van der Waals surface area contributed by atoms with E-state index in [0.717, 1.165) is 45.2 Å². The summed E-state index contributed by atoms with van der Waals surface area (Å²) < 4.78 is 6.30. The molecule has 0 aliphatic carbocycles. The van der Waals surface area contributed by atoms with Gasteiger partial charge in [0, 0.05) is 79.7 Å². The number of nitrogens with one attached hydrogen (secondary N) is 1. The molecule has 186 valence electrons. The molecule has 2 aliphatic heterocycles. The van der Waals surface area contributed by atoms with Gasteiger partial charge in [0.25, 0.3) is 5.91 Å². The number of piperazine rings is 1. The molecule has 0 radical (unpaired) electrons. The van der Waals surface area contributed by atoms with E-state index < -0.39 is 6.10 Å². The van der Waals surface area contributed by atoms with Crippen molar-refractivity contribution in [3.63, 3.8) is 0 Å². The summed E-state index contributed by atoms with van der Waals surface area (Å²) in [7, 11) is 3.52. The number of nitrogens with zero attached hydrogens (tertiary/aromatic N) is 3. The van der Waals surface area contributed by atoms with Crippen LogP contribution in [-0.2, 0) is 22.4 Å². The molecular weight excluding hydrogens is 484 g/mol. The molecule has 1 unspecified atom stereocenters. The summed E-state index contributed by atoms with van der Waals surface area (Å²) in [5.41, 5.74) is 3.46. The van der Waals surface area contributed by atoms with Crippen LogP contribution in [0, 0.1) is 0 Å². The van der Waals surface area contributed by atoms with Gasteiger partial charge in [-0.2, -0.15) is 0 Å². The standard InChI is InChI=1S/C26H31ClN4O3S/c1-5-19(25-21(28-2)15-18(35-25)6-7-23(32)30(3)4)20-14-17(27)12-16-13-22(34-24(16)20)26(33)31-10-8-29-9-11-31/h5,12,14-15,22,29H,2,6-11,13H2,1,3-4H3/b19-5-. The first-order valence-corrected chi connectivity index (χ1v) is 13.0. The molecule has 1 aromatic heterocycles. The molecule has 0 spiro atoms. The summed E-state index contributed by atoms with van der Waals surface area (Å²) in [5, 5.41) is 3.87. The number of carbonyl (C=O) groups excluding carboxylic acids is 2. The number of aliphatic imine (C=N–C) groups is 1. The molecule has 3 heterocycles. The second-order valence-corrected chi connectivity index (χ2v) is 10.5. The third-order valence-corrected chi connectivity index (χ3v) is 7.78. The van der Waals surface area contributed by atoms with Crippen LogP contribution in [0.4, 0.5) is 5.69 Å². The number of aryl methyl sites for hydroxylation is 1. The van der Waals surface area contributed by atoms with Crippen LogP contribution in [0.15, 0.2) is 29.3 Å². The van der Waals surface area contributed by atoms with Crippen LogP contribution < -0.4 is 10.1 Å². The summed E-state index contributed by atoms with van der Waals surface area (Å²) >= 11 is 8.12. The van der Waals surface area contributed by atoms with E-state index in [1.807, 2.05) is 36.1 Å². The van der Waals surface area contributed by atoms with Crippen LogP contribution in [0.1, 0.15) is 34.2 Å². The van der Waals surface area contributed by atoms with Gasteiger partial charge in [0.05, 0.1) is 10.6 Å². The van der Waals surface area contributed by atoms with Crippen molar-refractivity contribution in [2.75, 3.05) is 40.3 Å². The van der Waals surface area contributed by atoms with E-state index in [-0.39, 0.29) is 11.8 Å². The Hall–Kier alpha value is -2.68. The predicted molar refractivity (Wildman–Crippen MR) is 142 cm³/mol. The van der Waals surface area contributed by atoms with E-state index >= 15 is 0 Å². The molecule has 2 aromatic rings. The quantitative estimate of drug-likeness (QED) is 0.568. The summed E-state index contributed by atoms with van der Waals surface area (Å²) in [6.45, 7) is 8.68. The molecule has 7 nitrogen and oxygen atoms in total. The Labute approximate surface area is 215 Å². The fourth-order valence-electron chi connectivity index (χ4n) is 4.48. The Bertz CT molecular complexity index is 1170. The Morgan fingerprint density at radius 1 is 1.31 bits per heavy atom. The van der Waals surface area contributed by atoms with Gasteiger partial charge in [0.1, 0.15) is 5.75 Å². The highest BCUT2D eigenvalue weighted by Gasteiger charge is 2.35. The lowest BCUT2D eigenvalue weighted by Crippen LogP contribution is -2.50. The fourth-order valence-corrected chi connectivity index (χ4v) is 5.92. The SMILES string of the molecule is C=Nc1cc(CCC(=O)N(C)C)sc1/C(=C\C)c1cc(Cl)cc2c1OC(C(=O)N1CCNCC1)C2. The number of rotatable bonds is 7. The largest absolute Gasteiger partial charge is 0.479 e. The molecule has 1 N–H and O–H groups in total. The molecule has 0 bridgehead atoms. The molecule has 1 aromatic carbocycles. The van der Waals surface area contributed by atoms with Gasteiger partial charge in [-0.1, -0.05) is 17.7 Å². The molecular formula is C26H31ClN4O3S. The van der Waals surface area contributed by atoms with Crippen LogP contribution in [0.3, 0.4) is 0 Å². The lowest BCUT2D eigenvalue weighted by molar-refractivity contribution is -0.138. The summed E-state index contributed by atoms with van der Waals surface area (Å²) in [6.07, 6.45) is 3.02. The highest BCUT2D eigenvalue weighted by Crippen LogP contribution is 2.45. The Morgan fingerprint density at radius 2 is 2.06 bits per heavy atom. The van der Waals surface area contributed by atoms with E-state index in [0.29, 0.717) is 43.1 Å². The van der Waals surface area contributed by atoms with Gasteiger partial charge in [0.15, 0.2) is 6.10 Å². The number of hydrogen-bond acceptors (Lipinski definition) is 6. The molecule has 2 aliphatic rings. The number of amides is 2. The van der Waals surface area contributed by atoms with Crippen molar-refractivity contribution in [1.29, 1.82) is 0 Å². The Kier molecular flexibility index (Phi) is 7.94. The maximum atomic E-state index is 13.1. The predicted octanol–water partition coefficient (Wildman–Crippen LogP) is 3.94. The van der Waals surface area contributed by atoms with Gasteiger partial charge in [-0.15, -0.1) is 11.3 Å². The first kappa shape index (κ1) is 25.4. The molecule has 35 heavy (non-hydrogen) atoms. The zero-order valence-corrected chi connectivity index (χ0v) is 22.0. The second-order valence-electron chi connectivity index (χ2n) is 8.90. The maximum Gasteiger partial charge on any atom is 0.264 e. The van der Waals surface area contributed by atoms with Gasteiger partial charge >= 0.3 is 0 Å². The summed E-state index contributed by atoms with van der Waals surface area (Å²) in [6, 6.07) is 5.76. The van der Waals surface area contributed by atoms with Crippen LogP contribution in [0.5, 0.6) is 5.75 Å². The monoisotopic (exact) mass is 514 g/mol. The number of fused-ring (bicyclic) bond motifs is 1. The normalized spacial score (nSPS) is 17.7. The number of allylic oxidation sites excluding steroid dienone is 1. The van der Waals surface area contributed by atoms with Crippen LogP contribution >= 0.6 is 22.9 Å². The van der Waals surface area contributed by atoms with Crippen molar-refractivity contribution in [3.8, 4) is 5.75 Å². The summed E-state index contributed by atoms with van der Waals surface area (Å²) in [4.78, 5) is 34.9. The smallest absolute Gasteiger partial charge is 0.264 e. The molecule has 2 amide bonds. The Balaban J connectivity index is 1.63. The van der Waals surface area contributed by atoms with Crippen molar-refractivity contribution in [3.05, 3.63) is 50.2 Å². The Morgan fingerprint density at radius 3 is 2.71 bits per heavy atom. The molecule has 1 fully saturated rings. The minimum Gasteiger partial charge on any atom is -0.479 e.